The van der Waals surface area contributed by atoms with Crippen LogP contribution in [0.1, 0.15) is 16.3 Å². The van der Waals surface area contributed by atoms with Gasteiger partial charge in [0.25, 0.3) is 0 Å². The van der Waals surface area contributed by atoms with Crippen LogP contribution in [0.4, 0.5) is 0 Å². The van der Waals surface area contributed by atoms with Crippen LogP contribution in [-0.4, -0.2) is 9.97 Å². The molecular weight excluding hydrogens is 290 g/mol. The second kappa shape index (κ2) is 5.87. The molecule has 0 saturated carbocycles. The van der Waals surface area contributed by atoms with Crippen LogP contribution in [0.3, 0.4) is 0 Å². The summed E-state index contributed by atoms with van der Waals surface area (Å²) in [6.45, 7) is 3.54. The predicted octanol–water partition coefficient (Wildman–Crippen LogP) is 3.94. The Labute approximate surface area is 126 Å². The maximum Gasteiger partial charge on any atom is 0.0897 e. The molecule has 1 N–H and O–H groups in total. The predicted molar refractivity (Wildman–Crippen MR) is 84.1 cm³/mol. The third-order valence-electron chi connectivity index (χ3n) is 3.09. The first kappa shape index (κ1) is 13.5. The lowest BCUT2D eigenvalue weighted by atomic mass is 10.1. The van der Waals surface area contributed by atoms with E-state index in [1.165, 1.54) is 0 Å². The van der Waals surface area contributed by atoms with E-state index in [2.05, 4.69) is 20.7 Å². The lowest BCUT2D eigenvalue weighted by Crippen LogP contribution is -2.13. The molecule has 2 aromatic heterocycles. The molecule has 1 aromatic carbocycles. The van der Waals surface area contributed by atoms with Gasteiger partial charge in [0.15, 0.2) is 0 Å². The Morgan fingerprint density at radius 3 is 2.95 bits per heavy atom. The topological polar surface area (TPSA) is 37.8 Å². The van der Waals surface area contributed by atoms with Gasteiger partial charge in [0.1, 0.15) is 0 Å². The summed E-state index contributed by atoms with van der Waals surface area (Å²) in [5, 5.41) is 8.33. The van der Waals surface area contributed by atoms with Gasteiger partial charge in [0.05, 0.1) is 16.2 Å². The summed E-state index contributed by atoms with van der Waals surface area (Å²) < 4.78 is 0. The molecular formula is C15H14ClN3S. The zero-order chi connectivity index (χ0) is 13.9. The van der Waals surface area contributed by atoms with Crippen molar-refractivity contribution in [2.24, 2.45) is 0 Å². The maximum absolute atomic E-state index is 6.19. The summed E-state index contributed by atoms with van der Waals surface area (Å²) >= 11 is 7.87. The number of pyridine rings is 1. The molecule has 20 heavy (non-hydrogen) atoms. The van der Waals surface area contributed by atoms with Gasteiger partial charge in [-0.05, 0) is 30.7 Å². The summed E-state index contributed by atoms with van der Waals surface area (Å²) in [6, 6.07) is 7.86. The Morgan fingerprint density at radius 1 is 1.25 bits per heavy atom. The molecule has 0 atom stereocenters. The fraction of sp³-hybridized carbons (Fsp3) is 0.200. The van der Waals surface area contributed by atoms with Crippen molar-refractivity contribution in [3.05, 3.63) is 57.1 Å². The zero-order valence-corrected chi connectivity index (χ0v) is 12.6. The molecule has 0 amide bonds. The van der Waals surface area contributed by atoms with Crippen molar-refractivity contribution in [1.29, 1.82) is 0 Å². The summed E-state index contributed by atoms with van der Waals surface area (Å²) in [4.78, 5) is 8.87. The number of halogens is 1. The number of rotatable bonds is 4. The van der Waals surface area contributed by atoms with E-state index in [9.17, 15) is 0 Å². The van der Waals surface area contributed by atoms with Crippen LogP contribution in [0, 0.1) is 6.92 Å². The Bertz CT molecular complexity index is 739. The second-order valence-corrected chi connectivity index (χ2v) is 6.04. The minimum Gasteiger partial charge on any atom is -0.307 e. The number of nitrogens with one attached hydrogen (secondary N) is 1. The van der Waals surface area contributed by atoms with Crippen molar-refractivity contribution < 1.29 is 0 Å². The number of hydrogen-bond acceptors (Lipinski definition) is 4. The number of aromatic nitrogens is 2. The number of aryl methyl sites for hydroxylation is 1. The van der Waals surface area contributed by atoms with Crippen molar-refractivity contribution in [3.63, 3.8) is 0 Å². The molecule has 5 heteroatoms. The van der Waals surface area contributed by atoms with Crippen molar-refractivity contribution >= 4 is 33.8 Å². The van der Waals surface area contributed by atoms with E-state index in [-0.39, 0.29) is 0 Å². The number of hydrogen-bond donors (Lipinski definition) is 1. The summed E-state index contributed by atoms with van der Waals surface area (Å²) in [5.74, 6) is 0. The standard InChI is InChI=1S/C15H14ClN3S/c1-10-19-12(9-20-10)8-17-7-11-4-5-14(16)13-3-2-6-18-15(11)13/h2-6,9,17H,7-8H2,1H3. The Hall–Kier alpha value is -1.49. The highest BCUT2D eigenvalue weighted by Gasteiger charge is 2.05. The van der Waals surface area contributed by atoms with Crippen LogP contribution in [0.2, 0.25) is 5.02 Å². The van der Waals surface area contributed by atoms with E-state index in [1.807, 2.05) is 31.2 Å². The van der Waals surface area contributed by atoms with Gasteiger partial charge >= 0.3 is 0 Å². The highest BCUT2D eigenvalue weighted by atomic mass is 35.5. The highest BCUT2D eigenvalue weighted by Crippen LogP contribution is 2.24. The van der Waals surface area contributed by atoms with Gasteiger partial charge in [-0.3, -0.25) is 4.98 Å². The third kappa shape index (κ3) is 2.82. The molecule has 0 saturated heterocycles. The molecule has 0 aliphatic carbocycles. The molecule has 3 nitrogen and oxygen atoms in total. The van der Waals surface area contributed by atoms with Gasteiger partial charge in [-0.15, -0.1) is 11.3 Å². The number of nitrogens with zero attached hydrogens (tertiary/aromatic N) is 2. The fourth-order valence-corrected chi connectivity index (χ4v) is 2.98. The fourth-order valence-electron chi connectivity index (χ4n) is 2.15. The van der Waals surface area contributed by atoms with E-state index < -0.39 is 0 Å². The molecule has 0 bridgehead atoms. The van der Waals surface area contributed by atoms with E-state index in [0.717, 1.165) is 45.3 Å². The van der Waals surface area contributed by atoms with E-state index in [0.29, 0.717) is 0 Å². The third-order valence-corrected chi connectivity index (χ3v) is 4.24. The first-order valence-electron chi connectivity index (χ1n) is 6.38. The summed E-state index contributed by atoms with van der Waals surface area (Å²) in [7, 11) is 0. The SMILES string of the molecule is Cc1nc(CNCc2ccc(Cl)c3cccnc23)cs1. The first-order chi connectivity index (χ1) is 9.74. The molecule has 0 aliphatic rings. The van der Waals surface area contributed by atoms with Crippen LogP contribution in [0.25, 0.3) is 10.9 Å². The van der Waals surface area contributed by atoms with Crippen LogP contribution in [0.5, 0.6) is 0 Å². The van der Waals surface area contributed by atoms with E-state index >= 15 is 0 Å². The van der Waals surface area contributed by atoms with Crippen molar-refractivity contribution in [1.82, 2.24) is 15.3 Å². The average Bonchev–Trinajstić information content (AvgIpc) is 2.87. The van der Waals surface area contributed by atoms with Crippen molar-refractivity contribution in [2.75, 3.05) is 0 Å². The van der Waals surface area contributed by atoms with Gasteiger partial charge in [-0.1, -0.05) is 17.7 Å². The monoisotopic (exact) mass is 303 g/mol. The quantitative estimate of drug-likeness (QED) is 0.793. The van der Waals surface area contributed by atoms with Crippen molar-refractivity contribution in [3.8, 4) is 0 Å². The zero-order valence-electron chi connectivity index (χ0n) is 11.1. The Balaban J connectivity index is 1.76. The molecule has 0 fully saturated rings. The smallest absolute Gasteiger partial charge is 0.0897 e. The highest BCUT2D eigenvalue weighted by molar-refractivity contribution is 7.09. The molecule has 2 heterocycles. The molecule has 3 rings (SSSR count). The molecule has 0 spiro atoms. The van der Waals surface area contributed by atoms with Gasteiger partial charge in [0, 0.05) is 35.1 Å². The minimum atomic E-state index is 0.743. The van der Waals surface area contributed by atoms with Crippen molar-refractivity contribution in [2.45, 2.75) is 20.0 Å². The second-order valence-electron chi connectivity index (χ2n) is 4.57. The largest absolute Gasteiger partial charge is 0.307 e. The van der Waals surface area contributed by atoms with Gasteiger partial charge in [-0.25, -0.2) is 4.98 Å². The van der Waals surface area contributed by atoms with Crippen LogP contribution in [0.15, 0.2) is 35.8 Å². The molecule has 102 valence electrons. The molecule has 3 aromatic rings. The first-order valence-corrected chi connectivity index (χ1v) is 7.63. The average molecular weight is 304 g/mol. The molecule has 0 unspecified atom stereocenters. The Kier molecular flexibility index (Phi) is 3.96. The lowest BCUT2D eigenvalue weighted by Gasteiger charge is -2.08. The maximum atomic E-state index is 6.19. The van der Waals surface area contributed by atoms with Gasteiger partial charge in [0.2, 0.25) is 0 Å². The van der Waals surface area contributed by atoms with E-state index in [1.54, 1.807) is 17.5 Å². The van der Waals surface area contributed by atoms with Gasteiger partial charge in [-0.2, -0.15) is 0 Å². The van der Waals surface area contributed by atoms with Crippen LogP contribution in [-0.2, 0) is 13.1 Å². The summed E-state index contributed by atoms with van der Waals surface area (Å²) in [5.41, 5.74) is 3.19. The van der Waals surface area contributed by atoms with Gasteiger partial charge < -0.3 is 5.32 Å². The molecule has 0 aliphatic heterocycles. The van der Waals surface area contributed by atoms with Crippen LogP contribution >= 0.6 is 22.9 Å². The molecule has 0 radical (unpaired) electrons. The lowest BCUT2D eigenvalue weighted by molar-refractivity contribution is 0.684. The number of thiazole rings is 1. The van der Waals surface area contributed by atoms with E-state index in [4.69, 9.17) is 11.6 Å². The van der Waals surface area contributed by atoms with Crippen LogP contribution < -0.4 is 5.32 Å². The minimum absolute atomic E-state index is 0.743. The number of fused-ring (bicyclic) bond motifs is 1. The normalized spacial score (nSPS) is 11.1. The summed E-state index contributed by atoms with van der Waals surface area (Å²) in [6.07, 6.45) is 1.80. The number of benzene rings is 1. The Morgan fingerprint density at radius 2 is 2.15 bits per heavy atom.